The summed E-state index contributed by atoms with van der Waals surface area (Å²) >= 11 is 0. The van der Waals surface area contributed by atoms with Crippen molar-refractivity contribution in [2.24, 2.45) is 0 Å². The Kier molecular flexibility index (Phi) is 10.3. The summed E-state index contributed by atoms with van der Waals surface area (Å²) in [6.07, 6.45) is 3.71. The van der Waals surface area contributed by atoms with Gasteiger partial charge in [-0.15, -0.1) is 0 Å². The third-order valence-electron chi connectivity index (χ3n) is 7.15. The highest BCUT2D eigenvalue weighted by molar-refractivity contribution is 6.04. The maximum absolute atomic E-state index is 13.4. The zero-order chi connectivity index (χ0) is 32.7. The first-order chi connectivity index (χ1) is 21.5. The normalized spacial score (nSPS) is 13.7. The molecule has 0 radical (unpaired) electrons. The van der Waals surface area contributed by atoms with Crippen molar-refractivity contribution >= 4 is 29.3 Å². The molecule has 0 bridgehead atoms. The number of anilines is 1. The van der Waals surface area contributed by atoms with Gasteiger partial charge in [-0.1, -0.05) is 25.6 Å². The third-order valence-corrected chi connectivity index (χ3v) is 7.15. The number of amides is 3. The van der Waals surface area contributed by atoms with E-state index in [-0.39, 0.29) is 17.7 Å². The Morgan fingerprint density at radius 1 is 0.933 bits per heavy atom. The van der Waals surface area contributed by atoms with Gasteiger partial charge in [0.25, 0.3) is 11.8 Å². The predicted molar refractivity (Wildman–Crippen MR) is 173 cm³/mol. The number of benzene rings is 2. The fourth-order valence-corrected chi connectivity index (χ4v) is 4.91. The highest BCUT2D eigenvalue weighted by atomic mass is 16.6. The second kappa shape index (κ2) is 14.1. The minimum absolute atomic E-state index is 0.179. The van der Waals surface area contributed by atoms with Crippen LogP contribution < -0.4 is 14.8 Å². The second-order valence-corrected chi connectivity index (χ2v) is 11.4. The Balaban J connectivity index is 1.48. The SMILES string of the molecule is C=C/C=C(/c1ccc(OC)c(OC)c1)n1nc(C(=O)Nc2cccc(C(=O)N3CCN(C(=O)OC(C)(C)C)CC3)c2)cc1CC. The van der Waals surface area contributed by atoms with Crippen LogP contribution >= 0.6 is 0 Å². The highest BCUT2D eigenvalue weighted by Gasteiger charge is 2.28. The van der Waals surface area contributed by atoms with Gasteiger partial charge in [-0.2, -0.15) is 5.10 Å². The minimum Gasteiger partial charge on any atom is -0.493 e. The molecule has 0 spiro atoms. The summed E-state index contributed by atoms with van der Waals surface area (Å²) in [5.41, 5.74) is 2.86. The van der Waals surface area contributed by atoms with Crippen LogP contribution in [0.3, 0.4) is 0 Å². The smallest absolute Gasteiger partial charge is 0.410 e. The molecule has 1 fully saturated rings. The number of nitrogens with one attached hydrogen (secondary N) is 1. The lowest BCUT2D eigenvalue weighted by Gasteiger charge is -2.35. The summed E-state index contributed by atoms with van der Waals surface area (Å²) in [6.45, 7) is 12.8. The Hall–Kier alpha value is -5.06. The number of carbonyl (C=O) groups excluding carboxylic acids is 3. The van der Waals surface area contributed by atoms with E-state index in [1.807, 2.05) is 52.0 Å². The van der Waals surface area contributed by atoms with Gasteiger partial charge in [-0.05, 0) is 75.7 Å². The first-order valence-corrected chi connectivity index (χ1v) is 14.8. The molecule has 0 atom stereocenters. The number of hydrogen-bond donors (Lipinski definition) is 1. The predicted octanol–water partition coefficient (Wildman–Crippen LogP) is 5.48. The van der Waals surface area contributed by atoms with Gasteiger partial charge < -0.3 is 29.3 Å². The summed E-state index contributed by atoms with van der Waals surface area (Å²) in [7, 11) is 3.15. The van der Waals surface area contributed by atoms with Crippen LogP contribution in [0.2, 0.25) is 0 Å². The lowest BCUT2D eigenvalue weighted by Crippen LogP contribution is -2.51. The van der Waals surface area contributed by atoms with Gasteiger partial charge in [-0.25, -0.2) is 9.48 Å². The standard InChI is InChI=1S/C34H41N5O6/c1-8-11-28(23-14-15-29(43-6)30(21-23)44-7)39-26(9-2)22-27(36-39)31(40)35-25-13-10-12-24(20-25)32(41)37-16-18-38(19-17-37)33(42)45-34(3,4)5/h8,10-15,20-22H,1,9,16-19H2,2-7H3,(H,35,40)/b28-11-. The summed E-state index contributed by atoms with van der Waals surface area (Å²) in [5, 5.41) is 7.52. The quantitative estimate of drug-likeness (QED) is 0.317. The number of ether oxygens (including phenoxy) is 3. The fraction of sp³-hybridized carbons (Fsp3) is 0.353. The van der Waals surface area contributed by atoms with Crippen LogP contribution in [-0.4, -0.2) is 83.5 Å². The van der Waals surface area contributed by atoms with Crippen LogP contribution in [-0.2, 0) is 11.2 Å². The summed E-state index contributed by atoms with van der Waals surface area (Å²) in [4.78, 5) is 42.4. The number of rotatable bonds is 9. The van der Waals surface area contributed by atoms with E-state index >= 15 is 0 Å². The van der Waals surface area contributed by atoms with Crippen molar-refractivity contribution in [3.63, 3.8) is 0 Å². The van der Waals surface area contributed by atoms with Crippen LogP contribution in [0.1, 0.15) is 59.8 Å². The molecule has 2 heterocycles. The molecule has 3 amide bonds. The first kappa shape index (κ1) is 32.8. The largest absolute Gasteiger partial charge is 0.493 e. The van der Waals surface area contributed by atoms with Gasteiger partial charge in [0.05, 0.1) is 19.9 Å². The molecule has 1 aliphatic heterocycles. The Labute approximate surface area is 264 Å². The molecule has 1 aliphatic rings. The molecule has 3 aromatic rings. The molecule has 1 N–H and O–H groups in total. The molecule has 11 nitrogen and oxygen atoms in total. The van der Waals surface area contributed by atoms with Gasteiger partial charge in [0, 0.05) is 48.7 Å². The van der Waals surface area contributed by atoms with Gasteiger partial charge in [0.1, 0.15) is 5.60 Å². The van der Waals surface area contributed by atoms with E-state index in [0.29, 0.717) is 61.0 Å². The van der Waals surface area contributed by atoms with Crippen molar-refractivity contribution in [3.8, 4) is 11.5 Å². The average Bonchev–Trinajstić information content (AvgIpc) is 3.46. The van der Waals surface area contributed by atoms with E-state index in [1.165, 1.54) is 0 Å². The molecule has 0 aliphatic carbocycles. The van der Waals surface area contributed by atoms with Crippen molar-refractivity contribution in [3.05, 3.63) is 89.8 Å². The van der Waals surface area contributed by atoms with E-state index in [9.17, 15) is 14.4 Å². The van der Waals surface area contributed by atoms with Crippen molar-refractivity contribution < 1.29 is 28.6 Å². The topological polar surface area (TPSA) is 115 Å². The lowest BCUT2D eigenvalue weighted by atomic mass is 10.1. The van der Waals surface area contributed by atoms with E-state index in [0.717, 1.165) is 11.3 Å². The summed E-state index contributed by atoms with van der Waals surface area (Å²) < 4.78 is 18.0. The number of nitrogens with zero attached hydrogens (tertiary/aromatic N) is 4. The Bertz CT molecular complexity index is 1590. The molecule has 0 unspecified atom stereocenters. The van der Waals surface area contributed by atoms with Crippen molar-refractivity contribution in [1.82, 2.24) is 19.6 Å². The number of hydrogen-bond acceptors (Lipinski definition) is 7. The average molecular weight is 616 g/mol. The Morgan fingerprint density at radius 3 is 2.24 bits per heavy atom. The van der Waals surface area contributed by atoms with Crippen LogP contribution in [0.25, 0.3) is 5.70 Å². The molecule has 11 heteroatoms. The molecule has 2 aromatic carbocycles. The molecular formula is C34H41N5O6. The number of aromatic nitrogens is 2. The lowest BCUT2D eigenvalue weighted by molar-refractivity contribution is 0.0141. The second-order valence-electron chi connectivity index (χ2n) is 11.4. The maximum atomic E-state index is 13.4. The van der Waals surface area contributed by atoms with Crippen molar-refractivity contribution in [2.75, 3.05) is 45.7 Å². The molecule has 238 valence electrons. The molecule has 4 rings (SSSR count). The number of piperazine rings is 1. The summed E-state index contributed by atoms with van der Waals surface area (Å²) in [5.74, 6) is 0.567. The number of allylic oxidation sites excluding steroid dienone is 2. The minimum atomic E-state index is -0.583. The van der Waals surface area contributed by atoms with E-state index < -0.39 is 11.5 Å². The Morgan fingerprint density at radius 2 is 1.62 bits per heavy atom. The van der Waals surface area contributed by atoms with E-state index in [4.69, 9.17) is 14.2 Å². The zero-order valence-electron chi connectivity index (χ0n) is 26.8. The van der Waals surface area contributed by atoms with Crippen LogP contribution in [0.5, 0.6) is 11.5 Å². The molecule has 45 heavy (non-hydrogen) atoms. The van der Waals surface area contributed by atoms with Gasteiger partial charge in [-0.3, -0.25) is 9.59 Å². The van der Waals surface area contributed by atoms with Crippen LogP contribution in [0, 0.1) is 0 Å². The third kappa shape index (κ3) is 7.91. The monoisotopic (exact) mass is 615 g/mol. The first-order valence-electron chi connectivity index (χ1n) is 14.8. The molecular weight excluding hydrogens is 574 g/mol. The summed E-state index contributed by atoms with van der Waals surface area (Å²) in [6, 6.07) is 14.1. The maximum Gasteiger partial charge on any atom is 0.410 e. The van der Waals surface area contributed by atoms with E-state index in [2.05, 4.69) is 17.0 Å². The van der Waals surface area contributed by atoms with Crippen LogP contribution in [0.4, 0.5) is 10.5 Å². The highest BCUT2D eigenvalue weighted by Crippen LogP contribution is 2.31. The number of aryl methyl sites for hydroxylation is 1. The molecule has 0 saturated carbocycles. The molecule has 1 saturated heterocycles. The van der Waals surface area contributed by atoms with Gasteiger partial charge in [0.15, 0.2) is 17.2 Å². The van der Waals surface area contributed by atoms with E-state index in [1.54, 1.807) is 65.1 Å². The van der Waals surface area contributed by atoms with Crippen molar-refractivity contribution in [2.45, 2.75) is 39.7 Å². The zero-order valence-corrected chi connectivity index (χ0v) is 26.8. The van der Waals surface area contributed by atoms with Crippen LogP contribution in [0.15, 0.2) is 67.3 Å². The van der Waals surface area contributed by atoms with Crippen molar-refractivity contribution in [1.29, 1.82) is 0 Å². The number of carbonyl (C=O) groups is 3. The number of methoxy groups -OCH3 is 2. The van der Waals surface area contributed by atoms with Gasteiger partial charge in [0.2, 0.25) is 0 Å². The van der Waals surface area contributed by atoms with Gasteiger partial charge >= 0.3 is 6.09 Å². The fourth-order valence-electron chi connectivity index (χ4n) is 4.91. The molecule has 1 aromatic heterocycles.